The molecule has 0 atom stereocenters. The third-order valence-corrected chi connectivity index (χ3v) is 3.63. The third kappa shape index (κ3) is 5.77. The number of hydrogen-bond donors (Lipinski definition) is 1. The van der Waals surface area contributed by atoms with Gasteiger partial charge in [0.25, 0.3) is 5.91 Å². The number of halogens is 3. The number of carbonyl (C=O) groups excluding carboxylic acids is 1. The van der Waals surface area contributed by atoms with E-state index in [9.17, 15) is 22.8 Å². The second-order valence-electron chi connectivity index (χ2n) is 5.98. The highest BCUT2D eigenvalue weighted by molar-refractivity contribution is 5.95. The summed E-state index contributed by atoms with van der Waals surface area (Å²) in [6.45, 7) is 0.847. The maximum Gasteiger partial charge on any atom is 0.406 e. The zero-order valence-electron chi connectivity index (χ0n) is 14.7. The molecular weight excluding hydrogens is 367 g/mol. The Morgan fingerprint density at radius 3 is 2.33 bits per heavy atom. The Kier molecular flexibility index (Phi) is 6.14. The summed E-state index contributed by atoms with van der Waals surface area (Å²) < 4.78 is 48.9. The van der Waals surface area contributed by atoms with E-state index in [0.717, 1.165) is 0 Å². The minimum absolute atomic E-state index is 0.0449. The summed E-state index contributed by atoms with van der Waals surface area (Å²) in [5.41, 5.74) is 0.942. The van der Waals surface area contributed by atoms with Crippen LogP contribution in [0.5, 0.6) is 5.75 Å². The monoisotopic (exact) mass is 385 g/mol. The zero-order chi connectivity index (χ0) is 20.2. The molecule has 6 nitrogen and oxygen atoms in total. The highest BCUT2D eigenvalue weighted by Crippen LogP contribution is 2.27. The fraction of sp³-hybridized carbons (Fsp3) is 0.333. The van der Waals surface area contributed by atoms with Crippen LogP contribution < -0.4 is 4.74 Å². The standard InChI is InChI=1S/C18H18F3NO5/c1-11-6-13(7-12(2)16(11)27-9-15(23)24)17(25)22(10-18(19,20)21)8-14-4-3-5-26-14/h3-7H,8-10H2,1-2H3,(H,23,24). The van der Waals surface area contributed by atoms with Crippen molar-refractivity contribution in [2.45, 2.75) is 26.6 Å². The minimum atomic E-state index is -4.57. The summed E-state index contributed by atoms with van der Waals surface area (Å²) in [7, 11) is 0. The van der Waals surface area contributed by atoms with E-state index in [0.29, 0.717) is 16.0 Å². The van der Waals surface area contributed by atoms with E-state index in [2.05, 4.69) is 0 Å². The summed E-state index contributed by atoms with van der Waals surface area (Å²) >= 11 is 0. The average Bonchev–Trinajstić information content (AvgIpc) is 3.04. The third-order valence-electron chi connectivity index (χ3n) is 3.63. The Hall–Kier alpha value is -2.97. The molecule has 2 aromatic rings. The average molecular weight is 385 g/mol. The Labute approximate surface area is 153 Å². The number of aliphatic carboxylic acids is 1. The predicted octanol–water partition coefficient (Wildman–Crippen LogP) is 3.56. The molecule has 0 saturated heterocycles. The van der Waals surface area contributed by atoms with Gasteiger partial charge in [-0.15, -0.1) is 0 Å². The maximum atomic E-state index is 12.9. The van der Waals surface area contributed by atoms with Crippen LogP contribution in [-0.2, 0) is 11.3 Å². The summed E-state index contributed by atoms with van der Waals surface area (Å²) in [6, 6.07) is 5.75. The van der Waals surface area contributed by atoms with Crippen molar-refractivity contribution in [2.75, 3.05) is 13.2 Å². The molecule has 0 spiro atoms. The first kappa shape index (κ1) is 20.3. The van der Waals surface area contributed by atoms with Gasteiger partial charge in [-0.05, 0) is 49.2 Å². The molecule has 0 unspecified atom stereocenters. The molecule has 1 N–H and O–H groups in total. The molecule has 0 fully saturated rings. The molecule has 0 aliphatic carbocycles. The summed E-state index contributed by atoms with van der Waals surface area (Å²) in [5.74, 6) is -1.48. The molecular formula is C18H18F3NO5. The number of aryl methyl sites for hydroxylation is 2. The van der Waals surface area contributed by atoms with Gasteiger partial charge in [-0.1, -0.05) is 0 Å². The van der Waals surface area contributed by atoms with Crippen molar-refractivity contribution < 1.29 is 37.0 Å². The van der Waals surface area contributed by atoms with Crippen molar-refractivity contribution >= 4 is 11.9 Å². The van der Waals surface area contributed by atoms with Gasteiger partial charge in [-0.25, -0.2) is 4.79 Å². The molecule has 146 valence electrons. The van der Waals surface area contributed by atoms with Crippen molar-refractivity contribution in [2.24, 2.45) is 0 Å². The van der Waals surface area contributed by atoms with Crippen LogP contribution in [0.3, 0.4) is 0 Å². The quantitative estimate of drug-likeness (QED) is 0.788. The molecule has 0 aliphatic heterocycles. The maximum absolute atomic E-state index is 12.9. The molecule has 1 amide bonds. The first-order valence-electron chi connectivity index (χ1n) is 7.91. The number of hydrogen-bond acceptors (Lipinski definition) is 4. The lowest BCUT2D eigenvalue weighted by molar-refractivity contribution is -0.142. The molecule has 1 heterocycles. The van der Waals surface area contributed by atoms with Gasteiger partial charge in [-0.2, -0.15) is 13.2 Å². The van der Waals surface area contributed by atoms with Gasteiger partial charge >= 0.3 is 12.1 Å². The van der Waals surface area contributed by atoms with Crippen molar-refractivity contribution in [3.63, 3.8) is 0 Å². The highest BCUT2D eigenvalue weighted by atomic mass is 19.4. The van der Waals surface area contributed by atoms with E-state index < -0.39 is 31.2 Å². The van der Waals surface area contributed by atoms with Crippen LogP contribution in [-0.4, -0.2) is 41.2 Å². The van der Waals surface area contributed by atoms with Gasteiger partial charge in [-0.3, -0.25) is 4.79 Å². The number of amides is 1. The molecule has 1 aromatic carbocycles. The van der Waals surface area contributed by atoms with Crippen LogP contribution in [0.2, 0.25) is 0 Å². The number of carboxylic acids is 1. The first-order valence-corrected chi connectivity index (χ1v) is 7.91. The second-order valence-corrected chi connectivity index (χ2v) is 5.98. The fourth-order valence-electron chi connectivity index (χ4n) is 2.62. The molecule has 0 radical (unpaired) electrons. The fourth-order valence-corrected chi connectivity index (χ4v) is 2.62. The van der Waals surface area contributed by atoms with Gasteiger partial charge < -0.3 is 19.2 Å². The number of rotatable bonds is 7. The number of furan rings is 1. The number of carboxylic acid groups (broad SMARTS) is 1. The number of benzene rings is 1. The summed E-state index contributed by atoms with van der Waals surface area (Å²) in [5, 5.41) is 8.70. The van der Waals surface area contributed by atoms with Crippen molar-refractivity contribution in [1.29, 1.82) is 0 Å². The Balaban J connectivity index is 2.29. The van der Waals surface area contributed by atoms with Gasteiger partial charge in [0.1, 0.15) is 18.1 Å². The van der Waals surface area contributed by atoms with E-state index in [1.807, 2.05) is 0 Å². The van der Waals surface area contributed by atoms with Crippen LogP contribution in [0.15, 0.2) is 34.9 Å². The Bertz CT molecular complexity index is 792. The molecule has 27 heavy (non-hydrogen) atoms. The van der Waals surface area contributed by atoms with Crippen LogP contribution in [0.1, 0.15) is 27.2 Å². The van der Waals surface area contributed by atoms with E-state index in [-0.39, 0.29) is 23.6 Å². The van der Waals surface area contributed by atoms with E-state index >= 15 is 0 Å². The number of nitrogens with zero attached hydrogens (tertiary/aromatic N) is 1. The van der Waals surface area contributed by atoms with Crippen LogP contribution >= 0.6 is 0 Å². The van der Waals surface area contributed by atoms with E-state index in [1.54, 1.807) is 13.8 Å². The van der Waals surface area contributed by atoms with Gasteiger partial charge in [0.15, 0.2) is 6.61 Å². The Morgan fingerprint density at radius 1 is 1.22 bits per heavy atom. The highest BCUT2D eigenvalue weighted by Gasteiger charge is 2.34. The van der Waals surface area contributed by atoms with E-state index in [4.69, 9.17) is 14.3 Å². The number of alkyl halides is 3. The minimum Gasteiger partial charge on any atom is -0.481 e. The molecule has 0 bridgehead atoms. The molecule has 0 saturated carbocycles. The van der Waals surface area contributed by atoms with Gasteiger partial charge in [0.2, 0.25) is 0 Å². The molecule has 0 aliphatic rings. The lowest BCUT2D eigenvalue weighted by Gasteiger charge is -2.24. The van der Waals surface area contributed by atoms with Gasteiger partial charge in [0.05, 0.1) is 12.8 Å². The Morgan fingerprint density at radius 2 is 1.85 bits per heavy atom. The SMILES string of the molecule is Cc1cc(C(=O)N(Cc2ccco2)CC(F)(F)F)cc(C)c1OCC(=O)O. The van der Waals surface area contributed by atoms with Crippen LogP contribution in [0.4, 0.5) is 13.2 Å². The number of ether oxygens (including phenoxy) is 1. The van der Waals surface area contributed by atoms with Crippen LogP contribution in [0, 0.1) is 13.8 Å². The lowest BCUT2D eigenvalue weighted by Crippen LogP contribution is -2.38. The predicted molar refractivity (Wildman–Crippen MR) is 88.6 cm³/mol. The first-order chi connectivity index (χ1) is 12.6. The lowest BCUT2D eigenvalue weighted by atomic mass is 10.0. The molecule has 1 aromatic heterocycles. The van der Waals surface area contributed by atoms with Crippen molar-refractivity contribution in [1.82, 2.24) is 4.90 Å². The normalized spacial score (nSPS) is 11.3. The topological polar surface area (TPSA) is 80.0 Å². The zero-order valence-corrected chi connectivity index (χ0v) is 14.7. The second kappa shape index (κ2) is 8.15. The van der Waals surface area contributed by atoms with Gasteiger partial charge in [0, 0.05) is 5.56 Å². The smallest absolute Gasteiger partial charge is 0.406 e. The molecule has 9 heteroatoms. The van der Waals surface area contributed by atoms with E-state index in [1.165, 1.54) is 30.5 Å². The molecule has 2 rings (SSSR count). The summed E-state index contributed by atoms with van der Waals surface area (Å²) in [6.07, 6.45) is -3.26. The van der Waals surface area contributed by atoms with Crippen LogP contribution in [0.25, 0.3) is 0 Å². The number of carbonyl (C=O) groups is 2. The summed E-state index contributed by atoms with van der Waals surface area (Å²) in [4.78, 5) is 24.0. The van der Waals surface area contributed by atoms with Crippen molar-refractivity contribution in [3.05, 3.63) is 53.0 Å². The largest absolute Gasteiger partial charge is 0.481 e. The van der Waals surface area contributed by atoms with Crippen molar-refractivity contribution in [3.8, 4) is 5.75 Å².